The summed E-state index contributed by atoms with van der Waals surface area (Å²) < 4.78 is 44.3. The molecule has 0 aliphatic rings. The van der Waals surface area contributed by atoms with Gasteiger partial charge in [0.25, 0.3) is 0 Å². The van der Waals surface area contributed by atoms with Gasteiger partial charge in [0.1, 0.15) is 5.75 Å². The first-order valence-electron chi connectivity index (χ1n) is 7.76. The predicted octanol–water partition coefficient (Wildman–Crippen LogP) is 5.12. The standard InChI is InChI=1S/C18H18ClF3N2O2/c1-11-3-6-16(26-2)15(9-11)24-17(25)7-8-23-14-5-4-12(19)10-13(14)18(20,21)22/h3-6,9-10,23H,7-8H2,1-2H3,(H,24,25). The van der Waals surface area contributed by atoms with Crippen molar-refractivity contribution in [3.63, 3.8) is 0 Å². The fourth-order valence-electron chi connectivity index (χ4n) is 2.35. The number of nitrogens with one attached hydrogen (secondary N) is 2. The Bertz CT molecular complexity index is 794. The van der Waals surface area contributed by atoms with Crippen LogP contribution in [0.5, 0.6) is 5.75 Å². The zero-order chi connectivity index (χ0) is 19.3. The third kappa shape index (κ3) is 5.29. The van der Waals surface area contributed by atoms with Crippen LogP contribution in [-0.4, -0.2) is 19.6 Å². The van der Waals surface area contributed by atoms with Crippen LogP contribution < -0.4 is 15.4 Å². The van der Waals surface area contributed by atoms with Crippen LogP contribution in [0.1, 0.15) is 17.5 Å². The van der Waals surface area contributed by atoms with E-state index in [1.807, 2.05) is 13.0 Å². The Morgan fingerprint density at radius 3 is 2.54 bits per heavy atom. The summed E-state index contributed by atoms with van der Waals surface area (Å²) in [6.45, 7) is 1.90. The van der Waals surface area contributed by atoms with Crippen molar-refractivity contribution in [1.82, 2.24) is 0 Å². The van der Waals surface area contributed by atoms with E-state index in [4.69, 9.17) is 16.3 Å². The molecule has 0 atom stereocenters. The van der Waals surface area contributed by atoms with Crippen molar-refractivity contribution < 1.29 is 22.7 Å². The van der Waals surface area contributed by atoms with E-state index in [2.05, 4.69) is 10.6 Å². The van der Waals surface area contributed by atoms with Crippen molar-refractivity contribution in [2.45, 2.75) is 19.5 Å². The van der Waals surface area contributed by atoms with Gasteiger partial charge in [0.05, 0.1) is 18.4 Å². The minimum atomic E-state index is -4.54. The van der Waals surface area contributed by atoms with Gasteiger partial charge in [-0.15, -0.1) is 0 Å². The number of anilines is 2. The molecule has 0 fully saturated rings. The number of amides is 1. The molecule has 2 aromatic carbocycles. The van der Waals surface area contributed by atoms with Crippen molar-refractivity contribution >= 4 is 28.9 Å². The van der Waals surface area contributed by atoms with Crippen molar-refractivity contribution in [3.05, 3.63) is 52.5 Å². The van der Waals surface area contributed by atoms with Crippen LogP contribution in [-0.2, 0) is 11.0 Å². The van der Waals surface area contributed by atoms with Gasteiger partial charge in [0.15, 0.2) is 0 Å². The van der Waals surface area contributed by atoms with Crippen molar-refractivity contribution in [3.8, 4) is 5.75 Å². The van der Waals surface area contributed by atoms with Gasteiger partial charge in [-0.05, 0) is 42.8 Å². The number of alkyl halides is 3. The molecule has 0 bridgehead atoms. The van der Waals surface area contributed by atoms with E-state index in [0.717, 1.165) is 11.6 Å². The second-order valence-electron chi connectivity index (χ2n) is 5.62. The van der Waals surface area contributed by atoms with Gasteiger partial charge in [-0.3, -0.25) is 4.79 Å². The van der Waals surface area contributed by atoms with E-state index in [9.17, 15) is 18.0 Å². The Hall–Kier alpha value is -2.41. The van der Waals surface area contributed by atoms with Gasteiger partial charge >= 0.3 is 6.18 Å². The molecule has 0 aliphatic heterocycles. The van der Waals surface area contributed by atoms with Gasteiger partial charge in [-0.2, -0.15) is 13.2 Å². The number of aryl methyl sites for hydroxylation is 1. The highest BCUT2D eigenvalue weighted by Crippen LogP contribution is 2.36. The Morgan fingerprint density at radius 1 is 1.15 bits per heavy atom. The molecule has 0 saturated heterocycles. The minimum absolute atomic E-state index is 0.00726. The SMILES string of the molecule is COc1ccc(C)cc1NC(=O)CCNc1ccc(Cl)cc1C(F)(F)F. The molecule has 2 rings (SSSR count). The zero-order valence-electron chi connectivity index (χ0n) is 14.2. The van der Waals surface area contributed by atoms with Crippen molar-refractivity contribution in [1.29, 1.82) is 0 Å². The minimum Gasteiger partial charge on any atom is -0.495 e. The van der Waals surface area contributed by atoms with E-state index in [1.165, 1.54) is 19.2 Å². The second-order valence-corrected chi connectivity index (χ2v) is 6.05. The molecule has 140 valence electrons. The summed E-state index contributed by atoms with van der Waals surface area (Å²) in [5.74, 6) is 0.165. The second kappa shape index (κ2) is 8.31. The molecule has 2 aromatic rings. The largest absolute Gasteiger partial charge is 0.495 e. The Labute approximate surface area is 154 Å². The molecule has 2 N–H and O–H groups in total. The molecular weight excluding hydrogens is 369 g/mol. The number of carbonyl (C=O) groups is 1. The topological polar surface area (TPSA) is 50.4 Å². The van der Waals surface area contributed by atoms with E-state index in [1.54, 1.807) is 12.1 Å². The zero-order valence-corrected chi connectivity index (χ0v) is 15.0. The molecule has 0 aliphatic carbocycles. The van der Waals surface area contributed by atoms with Crippen molar-refractivity contribution in [2.75, 3.05) is 24.3 Å². The maximum absolute atomic E-state index is 13.0. The van der Waals surface area contributed by atoms with Crippen LogP contribution in [0, 0.1) is 6.92 Å². The maximum Gasteiger partial charge on any atom is 0.418 e. The van der Waals surface area contributed by atoms with E-state index in [-0.39, 0.29) is 29.6 Å². The molecule has 0 spiro atoms. The lowest BCUT2D eigenvalue weighted by Gasteiger charge is -2.15. The molecule has 0 saturated carbocycles. The number of methoxy groups -OCH3 is 1. The summed E-state index contributed by atoms with van der Waals surface area (Å²) in [6, 6.07) is 8.78. The smallest absolute Gasteiger partial charge is 0.418 e. The third-order valence-corrected chi connectivity index (χ3v) is 3.82. The van der Waals surface area contributed by atoms with Crippen LogP contribution in [0.4, 0.5) is 24.5 Å². The summed E-state index contributed by atoms with van der Waals surface area (Å²) in [6.07, 6.45) is -4.55. The van der Waals surface area contributed by atoms with Gasteiger partial charge in [-0.25, -0.2) is 0 Å². The number of carbonyl (C=O) groups excluding carboxylic acids is 1. The van der Waals surface area contributed by atoms with Gasteiger partial charge in [0.2, 0.25) is 5.91 Å². The predicted molar refractivity (Wildman–Crippen MR) is 95.9 cm³/mol. The lowest BCUT2D eigenvalue weighted by molar-refractivity contribution is -0.137. The Kier molecular flexibility index (Phi) is 6.37. The molecule has 26 heavy (non-hydrogen) atoms. The summed E-state index contributed by atoms with van der Waals surface area (Å²) in [7, 11) is 1.49. The molecule has 0 radical (unpaired) electrons. The highest BCUT2D eigenvalue weighted by atomic mass is 35.5. The van der Waals surface area contributed by atoms with Crippen LogP contribution in [0.15, 0.2) is 36.4 Å². The lowest BCUT2D eigenvalue weighted by Crippen LogP contribution is -2.18. The molecule has 0 aromatic heterocycles. The van der Waals surface area contributed by atoms with Gasteiger partial charge in [-0.1, -0.05) is 17.7 Å². The number of hydrogen-bond donors (Lipinski definition) is 2. The van der Waals surface area contributed by atoms with E-state index in [0.29, 0.717) is 11.4 Å². The number of ether oxygens (including phenoxy) is 1. The average molecular weight is 387 g/mol. The number of benzene rings is 2. The molecule has 1 amide bonds. The number of rotatable bonds is 6. The van der Waals surface area contributed by atoms with Crippen LogP contribution >= 0.6 is 11.6 Å². The fourth-order valence-corrected chi connectivity index (χ4v) is 2.52. The highest BCUT2D eigenvalue weighted by molar-refractivity contribution is 6.30. The molecule has 8 heteroatoms. The Balaban J connectivity index is 1.98. The maximum atomic E-state index is 13.0. The first-order chi connectivity index (χ1) is 12.2. The van der Waals surface area contributed by atoms with Crippen LogP contribution in [0.3, 0.4) is 0 Å². The molecular formula is C18H18ClF3N2O2. The molecule has 4 nitrogen and oxygen atoms in total. The molecule has 0 heterocycles. The Morgan fingerprint density at radius 2 is 1.88 bits per heavy atom. The molecule has 0 unspecified atom stereocenters. The number of hydrogen-bond acceptors (Lipinski definition) is 3. The summed E-state index contributed by atoms with van der Waals surface area (Å²) in [5.41, 5.74) is 0.462. The quantitative estimate of drug-likeness (QED) is 0.724. The monoisotopic (exact) mass is 386 g/mol. The average Bonchev–Trinajstić information content (AvgIpc) is 2.55. The summed E-state index contributed by atoms with van der Waals surface area (Å²) in [4.78, 5) is 12.1. The van der Waals surface area contributed by atoms with Crippen LogP contribution in [0.2, 0.25) is 5.02 Å². The summed E-state index contributed by atoms with van der Waals surface area (Å²) >= 11 is 5.64. The summed E-state index contributed by atoms with van der Waals surface area (Å²) in [5, 5.41) is 5.32. The number of halogens is 4. The normalized spacial score (nSPS) is 11.2. The van der Waals surface area contributed by atoms with Gasteiger partial charge < -0.3 is 15.4 Å². The highest BCUT2D eigenvalue weighted by Gasteiger charge is 2.33. The first kappa shape index (κ1) is 19.9. The lowest BCUT2D eigenvalue weighted by atomic mass is 10.1. The van der Waals surface area contributed by atoms with E-state index >= 15 is 0 Å². The van der Waals surface area contributed by atoms with Crippen molar-refractivity contribution in [2.24, 2.45) is 0 Å². The third-order valence-electron chi connectivity index (χ3n) is 3.58. The fraction of sp³-hybridized carbons (Fsp3) is 0.278. The van der Waals surface area contributed by atoms with E-state index < -0.39 is 11.7 Å². The van der Waals surface area contributed by atoms with Gasteiger partial charge in [0, 0.05) is 23.7 Å². The van der Waals surface area contributed by atoms with Crippen LogP contribution in [0.25, 0.3) is 0 Å². The first-order valence-corrected chi connectivity index (χ1v) is 8.13.